The topological polar surface area (TPSA) is 71.1 Å². The van der Waals surface area contributed by atoms with Crippen LogP contribution >= 0.6 is 0 Å². The van der Waals surface area contributed by atoms with Crippen LogP contribution in [0.5, 0.6) is 0 Å². The Morgan fingerprint density at radius 1 is 1.31 bits per heavy atom. The molecule has 0 amide bonds. The molecule has 0 aromatic carbocycles. The molecule has 0 aromatic rings. The molecular formula is C10H12O6. The molecule has 0 saturated carbocycles. The third-order valence-corrected chi connectivity index (χ3v) is 1.78. The quantitative estimate of drug-likeness (QED) is 0.652. The molecule has 16 heavy (non-hydrogen) atoms. The van der Waals surface area contributed by atoms with Gasteiger partial charge >= 0.3 is 11.9 Å². The molecule has 0 bridgehead atoms. The van der Waals surface area contributed by atoms with Crippen LogP contribution in [0.3, 0.4) is 0 Å². The maximum Gasteiger partial charge on any atom is 0.383 e. The normalized spacial score (nSPS) is 17.4. The summed E-state index contributed by atoms with van der Waals surface area (Å²) in [6.45, 7) is 1.29. The maximum absolute atomic E-state index is 11.2. The first-order valence-electron chi connectivity index (χ1n) is 4.48. The number of methoxy groups -OCH3 is 2. The van der Waals surface area contributed by atoms with E-state index in [1.807, 2.05) is 0 Å². The largest absolute Gasteiger partial charge is 0.490 e. The zero-order chi connectivity index (χ0) is 12.1. The van der Waals surface area contributed by atoms with Gasteiger partial charge in [0, 0.05) is 6.92 Å². The second kappa shape index (κ2) is 5.20. The Kier molecular flexibility index (Phi) is 3.93. The number of carbonyl (C=O) groups excluding carboxylic acids is 2. The van der Waals surface area contributed by atoms with Gasteiger partial charge in [0.1, 0.15) is 6.61 Å². The second-order valence-electron chi connectivity index (χ2n) is 2.83. The number of hydrogen-bond acceptors (Lipinski definition) is 6. The SMILES string of the molecule is COC1=C(OC)/C(=C\COC(C)=O)OC1=O. The van der Waals surface area contributed by atoms with Gasteiger partial charge in [-0.05, 0) is 6.08 Å². The van der Waals surface area contributed by atoms with Crippen molar-refractivity contribution in [2.45, 2.75) is 6.92 Å². The van der Waals surface area contributed by atoms with Crippen molar-refractivity contribution in [1.82, 2.24) is 0 Å². The minimum Gasteiger partial charge on any atom is -0.490 e. The fourth-order valence-electron chi connectivity index (χ4n) is 1.14. The molecule has 88 valence electrons. The highest BCUT2D eigenvalue weighted by atomic mass is 16.6. The first-order chi connectivity index (χ1) is 7.60. The van der Waals surface area contributed by atoms with Crippen molar-refractivity contribution < 1.29 is 28.5 Å². The molecule has 0 saturated heterocycles. The van der Waals surface area contributed by atoms with E-state index in [9.17, 15) is 9.59 Å². The van der Waals surface area contributed by atoms with Gasteiger partial charge in [0.15, 0.2) is 5.76 Å². The Bertz CT molecular complexity index is 366. The highest BCUT2D eigenvalue weighted by molar-refractivity contribution is 5.91. The Balaban J connectivity index is 2.79. The first-order valence-corrected chi connectivity index (χ1v) is 4.48. The maximum atomic E-state index is 11.2. The smallest absolute Gasteiger partial charge is 0.383 e. The Hall–Kier alpha value is -1.98. The molecule has 1 rings (SSSR count). The summed E-state index contributed by atoms with van der Waals surface area (Å²) in [6, 6.07) is 0. The molecule has 0 aliphatic carbocycles. The van der Waals surface area contributed by atoms with E-state index >= 15 is 0 Å². The monoisotopic (exact) mass is 228 g/mol. The number of hydrogen-bond donors (Lipinski definition) is 0. The number of ether oxygens (including phenoxy) is 4. The minimum atomic E-state index is -0.631. The number of carbonyl (C=O) groups is 2. The van der Waals surface area contributed by atoms with Gasteiger partial charge in [-0.3, -0.25) is 4.79 Å². The third kappa shape index (κ3) is 2.53. The average Bonchev–Trinajstić information content (AvgIpc) is 2.53. The molecule has 1 aliphatic rings. The highest BCUT2D eigenvalue weighted by Crippen LogP contribution is 2.26. The molecule has 6 heteroatoms. The van der Waals surface area contributed by atoms with Gasteiger partial charge in [-0.1, -0.05) is 0 Å². The molecule has 0 spiro atoms. The van der Waals surface area contributed by atoms with Crippen LogP contribution in [0.25, 0.3) is 0 Å². The van der Waals surface area contributed by atoms with Crippen LogP contribution in [0.15, 0.2) is 23.4 Å². The molecule has 0 radical (unpaired) electrons. The van der Waals surface area contributed by atoms with E-state index < -0.39 is 11.9 Å². The summed E-state index contributed by atoms with van der Waals surface area (Å²) >= 11 is 0. The van der Waals surface area contributed by atoms with Gasteiger partial charge in [0.05, 0.1) is 14.2 Å². The van der Waals surface area contributed by atoms with Gasteiger partial charge in [-0.15, -0.1) is 0 Å². The van der Waals surface area contributed by atoms with Gasteiger partial charge in [0.2, 0.25) is 5.76 Å². The molecule has 0 aromatic heterocycles. The first kappa shape index (κ1) is 12.1. The summed E-state index contributed by atoms with van der Waals surface area (Å²) in [5.74, 6) is -0.675. The lowest BCUT2D eigenvalue weighted by atomic mass is 10.3. The zero-order valence-corrected chi connectivity index (χ0v) is 9.23. The van der Waals surface area contributed by atoms with Crippen LogP contribution in [0.2, 0.25) is 0 Å². The second-order valence-corrected chi connectivity index (χ2v) is 2.83. The molecule has 1 heterocycles. The average molecular weight is 228 g/mol. The number of esters is 2. The highest BCUT2D eigenvalue weighted by Gasteiger charge is 2.32. The predicted molar refractivity (Wildman–Crippen MR) is 51.9 cm³/mol. The van der Waals surface area contributed by atoms with E-state index in [-0.39, 0.29) is 23.9 Å². The van der Waals surface area contributed by atoms with E-state index in [1.54, 1.807) is 0 Å². The van der Waals surface area contributed by atoms with E-state index in [4.69, 9.17) is 14.2 Å². The number of rotatable bonds is 4. The Morgan fingerprint density at radius 2 is 1.94 bits per heavy atom. The fourth-order valence-corrected chi connectivity index (χ4v) is 1.14. The Morgan fingerprint density at radius 3 is 2.44 bits per heavy atom. The third-order valence-electron chi connectivity index (χ3n) is 1.78. The van der Waals surface area contributed by atoms with E-state index in [2.05, 4.69) is 4.74 Å². The van der Waals surface area contributed by atoms with E-state index in [0.717, 1.165) is 0 Å². The molecule has 1 aliphatic heterocycles. The van der Waals surface area contributed by atoms with Crippen LogP contribution in [0.4, 0.5) is 0 Å². The van der Waals surface area contributed by atoms with Crippen molar-refractivity contribution in [3.8, 4) is 0 Å². The molecule has 0 atom stereocenters. The van der Waals surface area contributed by atoms with Gasteiger partial charge in [0.25, 0.3) is 5.76 Å². The van der Waals surface area contributed by atoms with Crippen LogP contribution in [-0.4, -0.2) is 32.8 Å². The molecule has 0 N–H and O–H groups in total. The fraction of sp³-hybridized carbons (Fsp3) is 0.400. The summed E-state index contributed by atoms with van der Waals surface area (Å²) in [5.41, 5.74) is 0. The lowest BCUT2D eigenvalue weighted by Crippen LogP contribution is -2.01. The van der Waals surface area contributed by atoms with Crippen molar-refractivity contribution >= 4 is 11.9 Å². The summed E-state index contributed by atoms with van der Waals surface area (Å²) in [5, 5.41) is 0. The van der Waals surface area contributed by atoms with E-state index in [1.165, 1.54) is 27.2 Å². The van der Waals surface area contributed by atoms with Gasteiger partial charge in [-0.2, -0.15) is 0 Å². The zero-order valence-electron chi connectivity index (χ0n) is 9.23. The van der Waals surface area contributed by atoms with Crippen molar-refractivity contribution in [3.63, 3.8) is 0 Å². The van der Waals surface area contributed by atoms with Crippen LogP contribution in [0, 0.1) is 0 Å². The Labute approximate surface area is 92.4 Å². The summed E-state index contributed by atoms with van der Waals surface area (Å²) < 4.78 is 19.3. The number of cyclic esters (lactones) is 1. The van der Waals surface area contributed by atoms with Crippen LogP contribution in [-0.2, 0) is 28.5 Å². The molecule has 6 nitrogen and oxygen atoms in total. The molecule has 0 unspecified atom stereocenters. The van der Waals surface area contributed by atoms with Crippen LogP contribution < -0.4 is 0 Å². The molecular weight excluding hydrogens is 216 g/mol. The van der Waals surface area contributed by atoms with Gasteiger partial charge in [-0.25, -0.2) is 4.79 Å². The summed E-state index contributed by atoms with van der Waals surface area (Å²) in [7, 11) is 2.72. The predicted octanol–water partition coefficient (Wildman–Crippen LogP) is 0.495. The summed E-state index contributed by atoms with van der Waals surface area (Å²) in [4.78, 5) is 21.8. The van der Waals surface area contributed by atoms with Gasteiger partial charge < -0.3 is 18.9 Å². The van der Waals surface area contributed by atoms with E-state index in [0.29, 0.717) is 0 Å². The van der Waals surface area contributed by atoms with Crippen molar-refractivity contribution in [1.29, 1.82) is 0 Å². The minimum absolute atomic E-state index is 0.00179. The van der Waals surface area contributed by atoms with Crippen molar-refractivity contribution in [2.75, 3.05) is 20.8 Å². The van der Waals surface area contributed by atoms with Crippen molar-refractivity contribution in [3.05, 3.63) is 23.4 Å². The lowest BCUT2D eigenvalue weighted by Gasteiger charge is -2.02. The standard InChI is InChI=1S/C10H12O6/c1-6(11)15-5-4-7-8(13-2)9(14-3)10(12)16-7/h4H,5H2,1-3H3/b7-4+. The van der Waals surface area contributed by atoms with Crippen LogP contribution in [0.1, 0.15) is 6.92 Å². The molecule has 0 fully saturated rings. The van der Waals surface area contributed by atoms with Crippen molar-refractivity contribution in [2.24, 2.45) is 0 Å². The summed E-state index contributed by atoms with van der Waals surface area (Å²) in [6.07, 6.45) is 1.42. The lowest BCUT2D eigenvalue weighted by molar-refractivity contribution is -0.139.